The third-order valence-corrected chi connectivity index (χ3v) is 3.33. The molecule has 4 nitrogen and oxygen atoms in total. The zero-order valence-electron chi connectivity index (χ0n) is 10.9. The summed E-state index contributed by atoms with van der Waals surface area (Å²) in [5.74, 6) is 1.30. The molecule has 1 aromatic heterocycles. The number of hydrogen-bond donors (Lipinski definition) is 2. The van der Waals surface area contributed by atoms with Gasteiger partial charge in [-0.05, 0) is 24.6 Å². The number of benzene rings is 1. The van der Waals surface area contributed by atoms with Crippen molar-refractivity contribution in [2.24, 2.45) is 0 Å². The predicted octanol–water partition coefficient (Wildman–Crippen LogP) is 3.27. The Labute approximate surface area is 120 Å². The monoisotopic (exact) mass is 321 g/mol. The first-order valence-electron chi connectivity index (χ1n) is 6.20. The highest BCUT2D eigenvalue weighted by Gasteiger charge is 2.07. The largest absolute Gasteiger partial charge is 0.363 e. The van der Waals surface area contributed by atoms with Crippen molar-refractivity contribution in [2.75, 3.05) is 5.32 Å². The van der Waals surface area contributed by atoms with Gasteiger partial charge in [-0.2, -0.15) is 0 Å². The minimum Gasteiger partial charge on any atom is -0.363 e. The molecular formula is C14H16BrN3O. The molecule has 0 spiro atoms. The topological polar surface area (TPSA) is 57.8 Å². The summed E-state index contributed by atoms with van der Waals surface area (Å²) in [5, 5.41) is 3.25. The fraction of sp³-hybridized carbons (Fsp3) is 0.286. The maximum absolute atomic E-state index is 11.5. The summed E-state index contributed by atoms with van der Waals surface area (Å²) in [5.41, 5.74) is 1.00. The molecule has 5 heteroatoms. The standard InChI is InChI=1S/C14H16BrN3O/c1-3-12-17-13(8-14(19)18-12)16-9(2)10-5-4-6-11(15)7-10/h4-9H,3H2,1-2H3,(H2,16,17,18,19). The van der Waals surface area contributed by atoms with Gasteiger partial charge in [-0.15, -0.1) is 0 Å². The van der Waals surface area contributed by atoms with E-state index in [0.717, 1.165) is 10.0 Å². The Balaban J connectivity index is 2.21. The number of anilines is 1. The van der Waals surface area contributed by atoms with Crippen LogP contribution in [-0.2, 0) is 6.42 Å². The number of aryl methyl sites for hydroxylation is 1. The summed E-state index contributed by atoms with van der Waals surface area (Å²) in [4.78, 5) is 18.6. The first-order chi connectivity index (χ1) is 9.08. The third-order valence-electron chi connectivity index (χ3n) is 2.84. The molecule has 0 fully saturated rings. The van der Waals surface area contributed by atoms with Crippen molar-refractivity contribution in [3.8, 4) is 0 Å². The molecule has 1 heterocycles. The second kappa shape index (κ2) is 6.02. The van der Waals surface area contributed by atoms with Crippen molar-refractivity contribution < 1.29 is 0 Å². The van der Waals surface area contributed by atoms with Crippen LogP contribution in [0.5, 0.6) is 0 Å². The van der Waals surface area contributed by atoms with Gasteiger partial charge in [0, 0.05) is 23.0 Å². The Kier molecular flexibility index (Phi) is 4.37. The van der Waals surface area contributed by atoms with Crippen molar-refractivity contribution in [1.29, 1.82) is 0 Å². The summed E-state index contributed by atoms with van der Waals surface area (Å²) in [6, 6.07) is 9.61. The Bertz CT molecular complexity index is 624. The van der Waals surface area contributed by atoms with E-state index >= 15 is 0 Å². The van der Waals surface area contributed by atoms with Gasteiger partial charge < -0.3 is 10.3 Å². The van der Waals surface area contributed by atoms with Crippen LogP contribution in [0.25, 0.3) is 0 Å². The number of nitrogens with zero attached hydrogens (tertiary/aromatic N) is 1. The lowest BCUT2D eigenvalue weighted by atomic mass is 10.1. The molecule has 2 N–H and O–H groups in total. The van der Waals surface area contributed by atoms with Crippen molar-refractivity contribution in [2.45, 2.75) is 26.3 Å². The Morgan fingerprint density at radius 3 is 2.89 bits per heavy atom. The Morgan fingerprint density at radius 1 is 1.42 bits per heavy atom. The van der Waals surface area contributed by atoms with Crippen LogP contribution in [0.4, 0.5) is 5.82 Å². The fourth-order valence-electron chi connectivity index (χ4n) is 1.83. The molecule has 1 aromatic carbocycles. The molecule has 0 radical (unpaired) electrons. The highest BCUT2D eigenvalue weighted by atomic mass is 79.9. The lowest BCUT2D eigenvalue weighted by Gasteiger charge is -2.15. The summed E-state index contributed by atoms with van der Waals surface area (Å²) in [6.07, 6.45) is 0.704. The van der Waals surface area contributed by atoms with Crippen LogP contribution in [0.3, 0.4) is 0 Å². The van der Waals surface area contributed by atoms with Gasteiger partial charge in [0.15, 0.2) is 0 Å². The Hall–Kier alpha value is -1.62. The van der Waals surface area contributed by atoms with E-state index in [2.05, 4.69) is 31.2 Å². The lowest BCUT2D eigenvalue weighted by molar-refractivity contribution is 0.851. The van der Waals surface area contributed by atoms with Gasteiger partial charge in [-0.25, -0.2) is 4.98 Å². The van der Waals surface area contributed by atoms with Crippen LogP contribution in [0, 0.1) is 0 Å². The van der Waals surface area contributed by atoms with E-state index in [4.69, 9.17) is 0 Å². The zero-order valence-corrected chi connectivity index (χ0v) is 12.5. The number of nitrogens with one attached hydrogen (secondary N) is 2. The summed E-state index contributed by atoms with van der Waals surface area (Å²) in [7, 11) is 0. The second-order valence-electron chi connectivity index (χ2n) is 4.35. The first kappa shape index (κ1) is 13.8. The van der Waals surface area contributed by atoms with E-state index in [1.807, 2.05) is 38.1 Å². The molecule has 0 amide bonds. The smallest absolute Gasteiger partial charge is 0.252 e. The maximum atomic E-state index is 11.5. The molecule has 0 aliphatic rings. The van der Waals surface area contributed by atoms with Gasteiger partial charge >= 0.3 is 0 Å². The summed E-state index contributed by atoms with van der Waals surface area (Å²) >= 11 is 3.45. The van der Waals surface area contributed by atoms with E-state index in [0.29, 0.717) is 18.1 Å². The quantitative estimate of drug-likeness (QED) is 0.908. The van der Waals surface area contributed by atoms with Crippen molar-refractivity contribution >= 4 is 21.7 Å². The molecule has 19 heavy (non-hydrogen) atoms. The highest BCUT2D eigenvalue weighted by molar-refractivity contribution is 9.10. The molecule has 100 valence electrons. The molecule has 2 rings (SSSR count). The number of halogens is 1. The van der Waals surface area contributed by atoms with Gasteiger partial charge in [-0.1, -0.05) is 35.0 Å². The van der Waals surface area contributed by atoms with Crippen molar-refractivity contribution in [1.82, 2.24) is 9.97 Å². The number of hydrogen-bond acceptors (Lipinski definition) is 3. The number of rotatable bonds is 4. The van der Waals surface area contributed by atoms with Crippen LogP contribution in [0.2, 0.25) is 0 Å². The van der Waals surface area contributed by atoms with E-state index < -0.39 is 0 Å². The zero-order chi connectivity index (χ0) is 13.8. The van der Waals surface area contributed by atoms with Crippen LogP contribution in [0.15, 0.2) is 39.6 Å². The lowest BCUT2D eigenvalue weighted by Crippen LogP contribution is -2.15. The van der Waals surface area contributed by atoms with Crippen LogP contribution in [0.1, 0.15) is 31.3 Å². The molecule has 2 aromatic rings. The van der Waals surface area contributed by atoms with Crippen LogP contribution >= 0.6 is 15.9 Å². The van der Waals surface area contributed by atoms with E-state index in [1.165, 1.54) is 6.07 Å². The van der Waals surface area contributed by atoms with Crippen molar-refractivity contribution in [3.05, 3.63) is 56.5 Å². The highest BCUT2D eigenvalue weighted by Crippen LogP contribution is 2.20. The SMILES string of the molecule is CCc1nc(NC(C)c2cccc(Br)c2)cc(=O)[nH]1. The first-order valence-corrected chi connectivity index (χ1v) is 7.00. The van der Waals surface area contributed by atoms with Gasteiger partial charge in [0.25, 0.3) is 5.56 Å². The molecule has 0 aliphatic heterocycles. The summed E-state index contributed by atoms with van der Waals surface area (Å²) in [6.45, 7) is 4.00. The predicted molar refractivity (Wildman–Crippen MR) is 80.4 cm³/mol. The minimum atomic E-state index is -0.129. The molecule has 0 bridgehead atoms. The number of H-pyrrole nitrogens is 1. The van der Waals surface area contributed by atoms with Crippen LogP contribution < -0.4 is 10.9 Å². The minimum absolute atomic E-state index is 0.0801. The second-order valence-corrected chi connectivity index (χ2v) is 5.27. The van der Waals surface area contributed by atoms with Gasteiger partial charge in [0.05, 0.1) is 0 Å². The number of aromatic amines is 1. The molecule has 1 atom stereocenters. The van der Waals surface area contributed by atoms with Crippen LogP contribution in [-0.4, -0.2) is 9.97 Å². The molecule has 0 aliphatic carbocycles. The Morgan fingerprint density at radius 2 is 2.21 bits per heavy atom. The van der Waals surface area contributed by atoms with Crippen molar-refractivity contribution in [3.63, 3.8) is 0 Å². The maximum Gasteiger partial charge on any atom is 0.252 e. The van der Waals surface area contributed by atoms with E-state index in [9.17, 15) is 4.79 Å². The normalized spacial score (nSPS) is 12.2. The molecule has 1 unspecified atom stereocenters. The van der Waals surface area contributed by atoms with E-state index in [-0.39, 0.29) is 11.6 Å². The van der Waals surface area contributed by atoms with Gasteiger partial charge in [-0.3, -0.25) is 4.79 Å². The average Bonchev–Trinajstić information content (AvgIpc) is 2.38. The van der Waals surface area contributed by atoms with Gasteiger partial charge in [0.2, 0.25) is 0 Å². The number of aromatic nitrogens is 2. The summed E-state index contributed by atoms with van der Waals surface area (Å²) < 4.78 is 1.03. The van der Waals surface area contributed by atoms with Gasteiger partial charge in [0.1, 0.15) is 11.6 Å². The molecular weight excluding hydrogens is 306 g/mol. The molecule has 0 saturated carbocycles. The average molecular weight is 322 g/mol. The third kappa shape index (κ3) is 3.67. The fourth-order valence-corrected chi connectivity index (χ4v) is 2.25. The van der Waals surface area contributed by atoms with E-state index in [1.54, 1.807) is 0 Å². The molecule has 0 saturated heterocycles.